The summed E-state index contributed by atoms with van der Waals surface area (Å²) in [7, 11) is 2.25. The Balaban J connectivity index is 1.82. The van der Waals surface area contributed by atoms with Gasteiger partial charge in [0.2, 0.25) is 0 Å². The van der Waals surface area contributed by atoms with Crippen LogP contribution in [-0.2, 0) is 19.4 Å². The van der Waals surface area contributed by atoms with Gasteiger partial charge >= 0.3 is 0 Å². The van der Waals surface area contributed by atoms with E-state index in [9.17, 15) is 0 Å². The number of fused-ring (bicyclic) bond motifs is 3. The van der Waals surface area contributed by atoms with Crippen molar-refractivity contribution in [1.82, 2.24) is 9.47 Å². The van der Waals surface area contributed by atoms with E-state index in [4.69, 9.17) is 0 Å². The smallest absolute Gasteiger partial charge is 0.0515 e. The number of hydrogen-bond acceptors (Lipinski definition) is 1. The molecule has 1 aliphatic rings. The summed E-state index contributed by atoms with van der Waals surface area (Å²) < 4.78 is 2.62. The first-order valence-electron chi connectivity index (χ1n) is 9.43. The first kappa shape index (κ1) is 16.4. The normalized spacial score (nSPS) is 17.8. The van der Waals surface area contributed by atoms with Crippen LogP contribution in [0.15, 0.2) is 42.5 Å². The summed E-state index contributed by atoms with van der Waals surface area (Å²) in [6.07, 6.45) is 2.25. The molecule has 0 saturated carbocycles. The molecule has 2 nitrogen and oxygen atoms in total. The largest absolute Gasteiger partial charge is 0.344 e. The van der Waals surface area contributed by atoms with Gasteiger partial charge in [-0.25, -0.2) is 0 Å². The maximum Gasteiger partial charge on any atom is 0.0515 e. The average Bonchev–Trinajstić information content (AvgIpc) is 2.93. The van der Waals surface area contributed by atoms with Crippen LogP contribution in [0.1, 0.15) is 40.9 Å². The van der Waals surface area contributed by atoms with Gasteiger partial charge in [-0.15, -0.1) is 0 Å². The summed E-state index contributed by atoms with van der Waals surface area (Å²) in [6.45, 7) is 9.05. The van der Waals surface area contributed by atoms with Crippen LogP contribution in [-0.4, -0.2) is 23.1 Å². The van der Waals surface area contributed by atoms with Crippen molar-refractivity contribution in [2.75, 3.05) is 13.6 Å². The number of nitrogens with zero attached hydrogens (tertiary/aromatic N) is 2. The Hall–Kier alpha value is -2.06. The predicted molar refractivity (Wildman–Crippen MR) is 106 cm³/mol. The molecule has 3 aromatic rings. The van der Waals surface area contributed by atoms with Crippen LogP contribution >= 0.6 is 0 Å². The Morgan fingerprint density at radius 2 is 1.76 bits per heavy atom. The second-order valence-corrected chi connectivity index (χ2v) is 7.57. The minimum absolute atomic E-state index is 0.493. The Morgan fingerprint density at radius 1 is 1.00 bits per heavy atom. The van der Waals surface area contributed by atoms with Gasteiger partial charge in [0, 0.05) is 36.6 Å². The molecule has 0 saturated heterocycles. The lowest BCUT2D eigenvalue weighted by Crippen LogP contribution is -2.31. The first-order valence-corrected chi connectivity index (χ1v) is 9.43. The standard InChI is InChI=1S/C23H28N2/c1-16-8-5-6-10-19(16)12-15-25-21-13-14-24(4)18(3)22(21)20-11-7-9-17(2)23(20)25/h5-11,18H,12-15H2,1-4H3. The van der Waals surface area contributed by atoms with Gasteiger partial charge in [0.1, 0.15) is 0 Å². The van der Waals surface area contributed by atoms with E-state index in [0.717, 1.165) is 25.9 Å². The molecule has 0 amide bonds. The van der Waals surface area contributed by atoms with Crippen LogP contribution in [0, 0.1) is 13.8 Å². The van der Waals surface area contributed by atoms with Crippen molar-refractivity contribution in [3.05, 3.63) is 70.4 Å². The van der Waals surface area contributed by atoms with E-state index < -0.39 is 0 Å². The number of aryl methyl sites for hydroxylation is 4. The van der Waals surface area contributed by atoms with Crippen molar-refractivity contribution in [3.63, 3.8) is 0 Å². The molecule has 2 heteroatoms. The minimum atomic E-state index is 0.493. The summed E-state index contributed by atoms with van der Waals surface area (Å²) in [4.78, 5) is 2.48. The fraction of sp³-hybridized carbons (Fsp3) is 0.391. The van der Waals surface area contributed by atoms with Gasteiger partial charge in [-0.2, -0.15) is 0 Å². The third-order valence-electron chi connectivity index (χ3n) is 6.08. The third-order valence-corrected chi connectivity index (χ3v) is 6.08. The van der Waals surface area contributed by atoms with E-state index in [1.165, 1.54) is 27.6 Å². The SMILES string of the molecule is Cc1ccccc1CCn1c2c(c3cccc(C)c31)C(C)N(C)CC2. The summed E-state index contributed by atoms with van der Waals surface area (Å²) in [5.74, 6) is 0. The zero-order valence-corrected chi connectivity index (χ0v) is 15.8. The third kappa shape index (κ3) is 2.69. The molecule has 0 bridgehead atoms. The number of benzene rings is 2. The van der Waals surface area contributed by atoms with Crippen LogP contribution in [0.25, 0.3) is 10.9 Å². The first-order chi connectivity index (χ1) is 12.1. The quantitative estimate of drug-likeness (QED) is 0.651. The molecule has 4 rings (SSSR count). The van der Waals surface area contributed by atoms with Crippen LogP contribution in [0.4, 0.5) is 0 Å². The number of hydrogen-bond donors (Lipinski definition) is 0. The van der Waals surface area contributed by atoms with Crippen molar-refractivity contribution in [2.24, 2.45) is 0 Å². The number of para-hydroxylation sites is 1. The number of aromatic nitrogens is 1. The highest BCUT2D eigenvalue weighted by Gasteiger charge is 2.28. The van der Waals surface area contributed by atoms with Crippen LogP contribution in [0.2, 0.25) is 0 Å². The van der Waals surface area contributed by atoms with Crippen molar-refractivity contribution in [3.8, 4) is 0 Å². The lowest BCUT2D eigenvalue weighted by Gasteiger charge is -2.31. The van der Waals surface area contributed by atoms with E-state index >= 15 is 0 Å². The Morgan fingerprint density at radius 3 is 2.56 bits per heavy atom. The molecule has 2 aromatic carbocycles. The summed E-state index contributed by atoms with van der Waals surface area (Å²) in [5.41, 5.74) is 8.82. The molecular weight excluding hydrogens is 304 g/mol. The molecule has 0 radical (unpaired) electrons. The molecule has 1 aliphatic heterocycles. The number of likely N-dealkylation sites (N-methyl/N-ethyl adjacent to an activating group) is 1. The summed E-state index contributed by atoms with van der Waals surface area (Å²) in [5, 5.41) is 1.46. The minimum Gasteiger partial charge on any atom is -0.344 e. The molecule has 0 aliphatic carbocycles. The van der Waals surface area contributed by atoms with Crippen LogP contribution < -0.4 is 0 Å². The second-order valence-electron chi connectivity index (χ2n) is 7.57. The molecule has 1 aromatic heterocycles. The van der Waals surface area contributed by atoms with E-state index in [0.29, 0.717) is 6.04 Å². The lowest BCUT2D eigenvalue weighted by atomic mass is 9.97. The van der Waals surface area contributed by atoms with Crippen molar-refractivity contribution < 1.29 is 0 Å². The maximum absolute atomic E-state index is 2.62. The number of rotatable bonds is 3. The van der Waals surface area contributed by atoms with Crippen molar-refractivity contribution in [1.29, 1.82) is 0 Å². The van der Waals surface area contributed by atoms with Crippen molar-refractivity contribution >= 4 is 10.9 Å². The molecule has 25 heavy (non-hydrogen) atoms. The molecular formula is C23H28N2. The highest BCUT2D eigenvalue weighted by Crippen LogP contribution is 2.38. The van der Waals surface area contributed by atoms with Gasteiger partial charge in [-0.3, -0.25) is 4.90 Å². The molecule has 1 atom stereocenters. The summed E-state index contributed by atoms with van der Waals surface area (Å²) >= 11 is 0. The van der Waals surface area contributed by atoms with E-state index in [1.54, 1.807) is 11.3 Å². The fourth-order valence-electron chi connectivity index (χ4n) is 4.47. The Bertz CT molecular complexity index is 919. The average molecular weight is 332 g/mol. The van der Waals surface area contributed by atoms with Crippen LogP contribution in [0.5, 0.6) is 0 Å². The molecule has 0 spiro atoms. The van der Waals surface area contributed by atoms with Gasteiger partial charge < -0.3 is 4.57 Å². The lowest BCUT2D eigenvalue weighted by molar-refractivity contribution is 0.245. The molecule has 2 heterocycles. The fourth-order valence-corrected chi connectivity index (χ4v) is 4.47. The van der Waals surface area contributed by atoms with Crippen LogP contribution in [0.3, 0.4) is 0 Å². The Kier molecular flexibility index (Phi) is 4.16. The molecule has 1 unspecified atom stereocenters. The Labute approximate surface area is 151 Å². The molecule has 0 N–H and O–H groups in total. The van der Waals surface area contributed by atoms with Crippen molar-refractivity contribution in [2.45, 2.75) is 46.2 Å². The molecule has 130 valence electrons. The predicted octanol–water partition coefficient (Wildman–Crippen LogP) is 5.05. The maximum atomic E-state index is 2.62. The highest BCUT2D eigenvalue weighted by molar-refractivity contribution is 5.89. The van der Waals surface area contributed by atoms with E-state index in [2.05, 4.69) is 79.8 Å². The molecule has 0 fully saturated rings. The second kappa shape index (κ2) is 6.34. The van der Waals surface area contributed by atoms with Gasteiger partial charge in [0.15, 0.2) is 0 Å². The summed E-state index contributed by atoms with van der Waals surface area (Å²) in [6, 6.07) is 16.1. The van der Waals surface area contributed by atoms with E-state index in [1.807, 2.05) is 0 Å². The monoisotopic (exact) mass is 332 g/mol. The van der Waals surface area contributed by atoms with Gasteiger partial charge in [-0.05, 0) is 56.5 Å². The van der Waals surface area contributed by atoms with Gasteiger partial charge in [0.25, 0.3) is 0 Å². The topological polar surface area (TPSA) is 8.17 Å². The van der Waals surface area contributed by atoms with Gasteiger partial charge in [-0.1, -0.05) is 42.5 Å². The zero-order valence-electron chi connectivity index (χ0n) is 15.8. The zero-order chi connectivity index (χ0) is 17.6. The van der Waals surface area contributed by atoms with Gasteiger partial charge in [0.05, 0.1) is 5.52 Å². The highest BCUT2D eigenvalue weighted by atomic mass is 15.1. The van der Waals surface area contributed by atoms with E-state index in [-0.39, 0.29) is 0 Å².